The second-order valence-electron chi connectivity index (χ2n) is 17.3. The van der Waals surface area contributed by atoms with Gasteiger partial charge in [-0.3, -0.25) is 17.9 Å². The number of rotatable bonds is 4. The third-order valence-corrected chi connectivity index (χ3v) is 14.1. The molecule has 0 saturated carbocycles. The van der Waals surface area contributed by atoms with Gasteiger partial charge in [-0.1, -0.05) is 175 Å². The zero-order valence-corrected chi connectivity index (χ0v) is 34.5. The smallest absolute Gasteiger partial charge is 0.247 e. The van der Waals surface area contributed by atoms with E-state index < -0.39 is 0 Å². The predicted molar refractivity (Wildman–Crippen MR) is 266 cm³/mol. The molecule has 8 heteroatoms. The number of nitrogens with zero attached hydrogens (tertiary/aromatic N) is 6. The molecule has 15 rings (SSSR count). The van der Waals surface area contributed by atoms with E-state index in [0.29, 0.717) is 0 Å². The third-order valence-electron chi connectivity index (χ3n) is 14.1. The van der Waals surface area contributed by atoms with Crippen LogP contribution in [-0.2, 0) is 0 Å². The molecule has 64 heavy (non-hydrogen) atoms. The van der Waals surface area contributed by atoms with Crippen LogP contribution in [-0.4, -0.2) is 41.3 Å². The van der Waals surface area contributed by atoms with Crippen LogP contribution in [0.4, 0.5) is 0 Å². The Hall–Kier alpha value is -8.35. The quantitative estimate of drug-likeness (QED) is 0.169. The normalized spacial score (nSPS) is 12.9. The fraction of sp³-hybridized carbons (Fsp3) is 0. The maximum atomic E-state index is 5.43. The van der Waals surface area contributed by atoms with Crippen LogP contribution in [0.15, 0.2) is 206 Å². The lowest BCUT2D eigenvalue weighted by molar-refractivity contribution is 1.08. The van der Waals surface area contributed by atoms with E-state index in [0.717, 1.165) is 56.0 Å². The van der Waals surface area contributed by atoms with E-state index in [1.54, 1.807) is 0 Å². The molecule has 6 nitrogen and oxygen atoms in total. The van der Waals surface area contributed by atoms with Gasteiger partial charge >= 0.3 is 0 Å². The van der Waals surface area contributed by atoms with Gasteiger partial charge in [-0.15, -0.1) is 0 Å². The van der Waals surface area contributed by atoms with Crippen LogP contribution in [0.3, 0.4) is 0 Å². The van der Waals surface area contributed by atoms with Crippen molar-refractivity contribution in [2.75, 3.05) is 0 Å². The van der Waals surface area contributed by atoms with Crippen molar-refractivity contribution in [2.45, 2.75) is 0 Å². The molecule has 0 fully saturated rings. The first-order valence-corrected chi connectivity index (χ1v) is 22.1. The van der Waals surface area contributed by atoms with E-state index in [9.17, 15) is 0 Å². The molecule has 0 unspecified atom stereocenters. The van der Waals surface area contributed by atoms with Gasteiger partial charge in [-0.05, 0) is 86.6 Å². The lowest BCUT2D eigenvalue weighted by Gasteiger charge is -2.33. The van der Waals surface area contributed by atoms with E-state index in [-0.39, 0.29) is 13.4 Å². The first-order chi connectivity index (χ1) is 31.8. The number of para-hydroxylation sites is 6. The molecule has 0 N–H and O–H groups in total. The van der Waals surface area contributed by atoms with E-state index in [1.165, 1.54) is 66.1 Å². The van der Waals surface area contributed by atoms with Crippen LogP contribution >= 0.6 is 0 Å². The minimum atomic E-state index is -0.0836. The average molecular weight is 813 g/mol. The predicted octanol–water partition coefficient (Wildman–Crippen LogP) is 8.17. The summed E-state index contributed by atoms with van der Waals surface area (Å²) in [6, 6.07) is 75.6. The first kappa shape index (κ1) is 34.3. The first-order valence-electron chi connectivity index (χ1n) is 22.1. The molecule has 0 bridgehead atoms. The highest BCUT2D eigenvalue weighted by Crippen LogP contribution is 2.36. The highest BCUT2D eigenvalue weighted by molar-refractivity contribution is 7.01. The molecule has 9 aromatic carbocycles. The minimum Gasteiger partial charge on any atom is -0.279 e. The molecule has 4 aromatic heterocycles. The maximum absolute atomic E-state index is 5.43. The van der Waals surface area contributed by atoms with Gasteiger partial charge in [-0.25, -0.2) is 9.97 Å². The second kappa shape index (κ2) is 12.6. The molecule has 0 atom stereocenters. The Morgan fingerprint density at radius 3 is 1.19 bits per heavy atom. The number of imidazole rings is 4. The summed E-state index contributed by atoms with van der Waals surface area (Å²) in [5.74, 6) is 1.83. The van der Waals surface area contributed by atoms with Gasteiger partial charge in [-0.2, -0.15) is 0 Å². The standard InChI is InChI=1S/C56H34B2N6/c1-3-17-35(18-4-1)37-21-7-9-23-39(37)57-41-25-15-31-49-53(41)63(55-59-45-27-11-13-29-47(45)61(49)55)51-34-52-44(33-43(51)57)58(40-24-10-8-22-38(40)36-19-5-2-6-20-36)42-26-16-32-50-54(42)64(52)56-60-46-28-12-14-30-48(46)62(50)56/h1-34H. The van der Waals surface area contributed by atoms with E-state index >= 15 is 0 Å². The summed E-state index contributed by atoms with van der Waals surface area (Å²) in [4.78, 5) is 10.9. The Labute approximate surface area is 368 Å². The van der Waals surface area contributed by atoms with Crippen LogP contribution in [0, 0.1) is 0 Å². The number of aromatic nitrogens is 6. The Balaban J connectivity index is 1.13. The van der Waals surface area contributed by atoms with Crippen molar-refractivity contribution in [3.63, 3.8) is 0 Å². The van der Waals surface area contributed by atoms with Crippen molar-refractivity contribution < 1.29 is 0 Å². The van der Waals surface area contributed by atoms with Crippen molar-refractivity contribution in [1.82, 2.24) is 27.9 Å². The van der Waals surface area contributed by atoms with E-state index in [1.807, 2.05) is 0 Å². The van der Waals surface area contributed by atoms with Crippen molar-refractivity contribution in [3.8, 4) is 33.6 Å². The highest BCUT2D eigenvalue weighted by Gasteiger charge is 2.41. The van der Waals surface area contributed by atoms with Crippen LogP contribution in [0.5, 0.6) is 0 Å². The molecule has 0 aliphatic carbocycles. The lowest BCUT2D eigenvalue weighted by atomic mass is 9.31. The largest absolute Gasteiger partial charge is 0.279 e. The Bertz CT molecular complexity index is 3840. The van der Waals surface area contributed by atoms with Gasteiger partial charge in [0.15, 0.2) is 0 Å². The summed E-state index contributed by atoms with van der Waals surface area (Å²) in [7, 11) is 0. The van der Waals surface area contributed by atoms with Gasteiger partial charge in [0.1, 0.15) is 0 Å². The molecule has 0 spiro atoms. The SMILES string of the molecule is c1ccc(-c2ccccc2B2c3cc4c(cc3-n3c5c2cccc5n2c5ccccc5nc32)-n2c3c(cccc3n3c5ccccc5nc23)B4c2ccccc2-c2ccccc2)cc1. The Kier molecular flexibility index (Phi) is 6.76. The van der Waals surface area contributed by atoms with Crippen molar-refractivity contribution in [3.05, 3.63) is 206 Å². The number of fused-ring (bicyclic) bond motifs is 14. The number of hydrogen-bond acceptors (Lipinski definition) is 2. The average Bonchev–Trinajstić information content (AvgIpc) is 4.10. The molecule has 2 aliphatic heterocycles. The van der Waals surface area contributed by atoms with Gasteiger partial charge in [0.2, 0.25) is 25.0 Å². The van der Waals surface area contributed by atoms with Crippen LogP contribution < -0.4 is 32.8 Å². The molecule has 6 heterocycles. The number of hydrogen-bond donors (Lipinski definition) is 0. The molecule has 0 amide bonds. The topological polar surface area (TPSA) is 44.5 Å². The van der Waals surface area contributed by atoms with Gasteiger partial charge in [0, 0.05) is 11.4 Å². The lowest BCUT2D eigenvalue weighted by Crippen LogP contribution is -2.61. The molecular formula is C56H34B2N6. The van der Waals surface area contributed by atoms with E-state index in [2.05, 4.69) is 224 Å². The zero-order valence-electron chi connectivity index (χ0n) is 34.5. The molecule has 13 aromatic rings. The summed E-state index contributed by atoms with van der Waals surface area (Å²) in [5.41, 5.74) is 23.6. The summed E-state index contributed by atoms with van der Waals surface area (Å²) in [5, 5.41) is 0. The molecular weight excluding hydrogens is 778 g/mol. The van der Waals surface area contributed by atoms with Crippen LogP contribution in [0.25, 0.3) is 89.3 Å². The van der Waals surface area contributed by atoms with E-state index in [4.69, 9.17) is 9.97 Å². The summed E-state index contributed by atoms with van der Waals surface area (Å²) in [6.45, 7) is -0.167. The highest BCUT2D eigenvalue weighted by atomic mass is 15.2. The molecule has 294 valence electrons. The summed E-state index contributed by atoms with van der Waals surface area (Å²) >= 11 is 0. The minimum absolute atomic E-state index is 0.0836. The summed E-state index contributed by atoms with van der Waals surface area (Å²) in [6.07, 6.45) is 0. The summed E-state index contributed by atoms with van der Waals surface area (Å²) < 4.78 is 9.64. The second-order valence-corrected chi connectivity index (χ2v) is 17.3. The zero-order chi connectivity index (χ0) is 41.6. The van der Waals surface area contributed by atoms with Crippen LogP contribution in [0.1, 0.15) is 0 Å². The van der Waals surface area contributed by atoms with Gasteiger partial charge in [0.05, 0.1) is 44.1 Å². The van der Waals surface area contributed by atoms with Crippen molar-refractivity contribution >= 4 is 102 Å². The molecule has 2 aliphatic rings. The maximum Gasteiger partial charge on any atom is 0.247 e. The van der Waals surface area contributed by atoms with Crippen LogP contribution in [0.2, 0.25) is 0 Å². The van der Waals surface area contributed by atoms with Gasteiger partial charge in [0.25, 0.3) is 0 Å². The van der Waals surface area contributed by atoms with Gasteiger partial charge < -0.3 is 0 Å². The third kappa shape index (κ3) is 4.41. The fourth-order valence-electron chi connectivity index (χ4n) is 11.6. The molecule has 0 radical (unpaired) electrons. The fourth-order valence-corrected chi connectivity index (χ4v) is 11.6. The number of benzene rings is 9. The van der Waals surface area contributed by atoms with Crippen molar-refractivity contribution in [1.29, 1.82) is 0 Å². The molecule has 0 saturated heterocycles. The monoisotopic (exact) mass is 812 g/mol. The Morgan fingerprint density at radius 2 is 0.703 bits per heavy atom. The van der Waals surface area contributed by atoms with Crippen molar-refractivity contribution in [2.24, 2.45) is 0 Å². The Morgan fingerprint density at radius 1 is 0.312 bits per heavy atom.